The van der Waals surface area contributed by atoms with Gasteiger partial charge in [-0.05, 0) is 115 Å². The van der Waals surface area contributed by atoms with Gasteiger partial charge in [0, 0.05) is 48.7 Å². The third-order valence-corrected chi connectivity index (χ3v) is 18.6. The summed E-state index contributed by atoms with van der Waals surface area (Å²) in [5.41, 5.74) is 7.15. The summed E-state index contributed by atoms with van der Waals surface area (Å²) < 4.78 is 19.8. The summed E-state index contributed by atoms with van der Waals surface area (Å²) in [6, 6.07) is 37.2. The molecule has 1 aliphatic rings. The molecule has 0 bridgehead atoms. The fourth-order valence-electron chi connectivity index (χ4n) is 9.23. The number of carboxylic acid groups (broad SMARTS) is 1. The molecule has 2 heterocycles. The lowest BCUT2D eigenvalue weighted by molar-refractivity contribution is 0.132. The summed E-state index contributed by atoms with van der Waals surface area (Å²) in [5.74, 6) is -0.432. The van der Waals surface area contributed by atoms with E-state index in [-0.39, 0.29) is 41.1 Å². The van der Waals surface area contributed by atoms with Gasteiger partial charge in [0.25, 0.3) is 0 Å². The summed E-state index contributed by atoms with van der Waals surface area (Å²) in [4.78, 5) is 55.3. The Morgan fingerprint density at radius 1 is 0.903 bits per heavy atom. The molecule has 1 aliphatic carbocycles. The Balaban J connectivity index is 0.899. The smallest absolute Gasteiger partial charge is 0.419 e. The SMILES string of the molecule is CC(C)(C)[Si](C)(C)O[C@@H](CNCc1ccc2c(c1)oc(=O)n2CCCC=Cc1ccc(-c2ccccc2)c(N(C(=O)O)C2CCC(NC(=O)OCc3ccccc3)CC2)c1)c1ccc(O)c2[nH]c(=O)ccc12. The minimum atomic E-state index is -2.27. The van der Waals surface area contributed by atoms with Crippen molar-refractivity contribution >= 4 is 54.3 Å². The lowest BCUT2D eigenvalue weighted by atomic mass is 9.89. The van der Waals surface area contributed by atoms with Gasteiger partial charge in [-0.25, -0.2) is 14.4 Å². The number of pyridine rings is 1. The van der Waals surface area contributed by atoms with Crippen molar-refractivity contribution in [3.63, 3.8) is 0 Å². The first kappa shape index (κ1) is 51.2. The maximum atomic E-state index is 13.2. The number of H-pyrrole nitrogens is 1. The number of aromatic hydroxyl groups is 1. The van der Waals surface area contributed by atoms with Gasteiger partial charge in [-0.1, -0.05) is 118 Å². The third-order valence-electron chi connectivity index (χ3n) is 14.1. The normalized spacial score (nSPS) is 15.7. The highest BCUT2D eigenvalue weighted by molar-refractivity contribution is 6.74. The highest BCUT2D eigenvalue weighted by atomic mass is 28.4. The van der Waals surface area contributed by atoms with Crippen molar-refractivity contribution in [2.24, 2.45) is 0 Å². The zero-order valence-electron chi connectivity index (χ0n) is 41.7. The molecule has 1 saturated carbocycles. The number of hydrogen-bond donors (Lipinski definition) is 5. The second kappa shape index (κ2) is 22.5. The molecule has 0 radical (unpaired) electrons. The van der Waals surface area contributed by atoms with Crippen molar-refractivity contribution in [3.05, 3.63) is 171 Å². The molecular weight excluding hydrogens is 927 g/mol. The predicted molar refractivity (Wildman–Crippen MR) is 286 cm³/mol. The molecule has 0 saturated heterocycles. The largest absolute Gasteiger partial charge is 0.506 e. The number of nitrogens with one attached hydrogen (secondary N) is 3. The first-order chi connectivity index (χ1) is 34.5. The van der Waals surface area contributed by atoms with E-state index in [9.17, 15) is 29.4 Å². The number of allylic oxidation sites excluding steroid dienone is 1. The van der Waals surface area contributed by atoms with Crippen molar-refractivity contribution in [2.75, 3.05) is 11.4 Å². The molecule has 2 amide bonds. The summed E-state index contributed by atoms with van der Waals surface area (Å²) in [6.07, 6.45) is 5.84. The molecule has 72 heavy (non-hydrogen) atoms. The Bertz CT molecular complexity index is 3150. The number of amides is 2. The zero-order chi connectivity index (χ0) is 51.0. The van der Waals surface area contributed by atoms with Crippen LogP contribution >= 0.6 is 0 Å². The van der Waals surface area contributed by atoms with Crippen LogP contribution in [0.1, 0.15) is 87.7 Å². The number of carbonyl (C=O) groups is 2. The third kappa shape index (κ3) is 12.3. The highest BCUT2D eigenvalue weighted by Crippen LogP contribution is 2.42. The Kier molecular flexibility index (Phi) is 16.0. The number of aromatic amines is 1. The van der Waals surface area contributed by atoms with E-state index in [0.29, 0.717) is 80.5 Å². The topological polar surface area (TPSA) is 188 Å². The number of carbonyl (C=O) groups excluding carboxylic acids is 1. The second-order valence-corrected chi connectivity index (χ2v) is 24.9. The zero-order valence-corrected chi connectivity index (χ0v) is 42.7. The summed E-state index contributed by atoms with van der Waals surface area (Å²) in [5, 5.41) is 28.5. The van der Waals surface area contributed by atoms with E-state index < -0.39 is 26.3 Å². The van der Waals surface area contributed by atoms with Gasteiger partial charge in [0.2, 0.25) is 5.56 Å². The standard InChI is InChI=1S/C57H65N5O9Si/c1-57(2,3)72(4,5)71-51(45-27-30-49(63)53-46(45)28-31-52(64)60-53)36-58-35-40-21-29-47-50(34-40)70-56(68)61(47)32-14-8-11-15-38-20-26-44(41-18-12-7-13-19-41)48(33-38)62(55(66)67)43-24-22-42(23-25-43)59-54(65)69-37-39-16-9-6-10-17-39/h6-7,9-13,15-21,26-31,33-34,42-43,51,58,63H,8,14,22-25,32,35-37H2,1-5H3,(H,59,65)(H,60,64)(H,66,67)/t42?,43?,51-/m0/s1. The molecule has 0 spiro atoms. The summed E-state index contributed by atoms with van der Waals surface area (Å²) >= 11 is 0. The van der Waals surface area contributed by atoms with Crippen LogP contribution in [0.4, 0.5) is 15.3 Å². The number of alkyl carbamates (subject to hydrolysis) is 1. The average molecular weight is 992 g/mol. The van der Waals surface area contributed by atoms with Crippen LogP contribution < -0.4 is 26.8 Å². The van der Waals surface area contributed by atoms with E-state index in [1.807, 2.05) is 115 Å². The molecule has 2 aromatic heterocycles. The van der Waals surface area contributed by atoms with E-state index in [1.165, 1.54) is 11.0 Å². The number of phenolic OH excluding ortho intramolecular Hbond substituents is 1. The number of aryl methyl sites for hydroxylation is 1. The van der Waals surface area contributed by atoms with Crippen LogP contribution in [-0.4, -0.2) is 58.9 Å². The van der Waals surface area contributed by atoms with Gasteiger partial charge >= 0.3 is 17.9 Å². The van der Waals surface area contributed by atoms with Crippen LogP contribution in [0.15, 0.2) is 141 Å². The molecule has 0 unspecified atom stereocenters. The van der Waals surface area contributed by atoms with Gasteiger partial charge in [-0.15, -0.1) is 0 Å². The van der Waals surface area contributed by atoms with Crippen LogP contribution in [-0.2, 0) is 28.9 Å². The molecule has 5 aromatic carbocycles. The lowest BCUT2D eigenvalue weighted by Crippen LogP contribution is -2.46. The number of oxazole rings is 1. The molecule has 14 nitrogen and oxygen atoms in total. The van der Waals surface area contributed by atoms with Crippen molar-refractivity contribution in [3.8, 4) is 16.9 Å². The van der Waals surface area contributed by atoms with Crippen molar-refractivity contribution in [1.29, 1.82) is 0 Å². The summed E-state index contributed by atoms with van der Waals surface area (Å²) in [6.45, 7) is 12.5. The number of aromatic nitrogens is 2. The van der Waals surface area contributed by atoms with Crippen molar-refractivity contribution < 1.29 is 33.4 Å². The van der Waals surface area contributed by atoms with Gasteiger partial charge in [-0.3, -0.25) is 14.3 Å². The monoisotopic (exact) mass is 991 g/mol. The van der Waals surface area contributed by atoms with E-state index >= 15 is 0 Å². The lowest BCUT2D eigenvalue weighted by Gasteiger charge is -2.39. The van der Waals surface area contributed by atoms with Gasteiger partial charge in [0.05, 0.1) is 22.8 Å². The van der Waals surface area contributed by atoms with E-state index in [2.05, 4.69) is 49.5 Å². The molecular formula is C57H65N5O9Si. The number of nitrogens with zero attached hydrogens (tertiary/aromatic N) is 2. The van der Waals surface area contributed by atoms with Crippen molar-refractivity contribution in [1.82, 2.24) is 20.2 Å². The molecule has 15 heteroatoms. The minimum absolute atomic E-state index is 0.00359. The molecule has 1 atom stereocenters. The molecule has 5 N–H and O–H groups in total. The number of unbranched alkanes of at least 4 members (excludes halogenated alkanes) is 1. The fourth-order valence-corrected chi connectivity index (χ4v) is 10.5. The Morgan fingerprint density at radius 3 is 2.36 bits per heavy atom. The van der Waals surface area contributed by atoms with Crippen LogP contribution in [0, 0.1) is 0 Å². The fraction of sp³-hybridized carbons (Fsp3) is 0.333. The van der Waals surface area contributed by atoms with Crippen LogP contribution in [0.25, 0.3) is 39.2 Å². The number of hydrogen-bond acceptors (Lipinski definition) is 9. The molecule has 376 valence electrons. The summed E-state index contributed by atoms with van der Waals surface area (Å²) in [7, 11) is -2.27. The van der Waals surface area contributed by atoms with Gasteiger partial charge in [0.15, 0.2) is 13.9 Å². The first-order valence-electron chi connectivity index (χ1n) is 24.8. The Hall–Kier alpha value is -7.20. The minimum Gasteiger partial charge on any atom is -0.506 e. The molecule has 1 fully saturated rings. The predicted octanol–water partition coefficient (Wildman–Crippen LogP) is 11.9. The van der Waals surface area contributed by atoms with Gasteiger partial charge in [0.1, 0.15) is 12.4 Å². The maximum Gasteiger partial charge on any atom is 0.419 e. The highest BCUT2D eigenvalue weighted by Gasteiger charge is 2.40. The second-order valence-electron chi connectivity index (χ2n) is 20.2. The molecule has 8 rings (SSSR count). The number of phenols is 1. The number of ether oxygens (including phenoxy) is 1. The van der Waals surface area contributed by atoms with Crippen LogP contribution in [0.3, 0.4) is 0 Å². The van der Waals surface area contributed by atoms with Crippen LogP contribution in [0.2, 0.25) is 18.1 Å². The quantitative estimate of drug-likeness (QED) is 0.0409. The number of rotatable bonds is 18. The Morgan fingerprint density at radius 2 is 1.64 bits per heavy atom. The first-order valence-corrected chi connectivity index (χ1v) is 27.7. The number of benzene rings is 5. The van der Waals surface area contributed by atoms with E-state index in [4.69, 9.17) is 13.6 Å². The number of anilines is 1. The van der Waals surface area contributed by atoms with Gasteiger partial charge < -0.3 is 39.4 Å². The number of fused-ring (bicyclic) bond motifs is 2. The maximum absolute atomic E-state index is 13.2. The van der Waals surface area contributed by atoms with Crippen LogP contribution in [0.5, 0.6) is 5.75 Å². The van der Waals surface area contributed by atoms with Crippen molar-refractivity contribution in [2.45, 2.75) is 115 Å². The Labute approximate surface area is 420 Å². The molecule has 7 aromatic rings. The van der Waals surface area contributed by atoms with Gasteiger partial charge in [-0.2, -0.15) is 0 Å². The van der Waals surface area contributed by atoms with E-state index in [0.717, 1.165) is 38.8 Å². The average Bonchev–Trinajstić information content (AvgIpc) is 3.67. The van der Waals surface area contributed by atoms with E-state index in [1.54, 1.807) is 16.7 Å². The molecule has 0 aliphatic heterocycles.